The van der Waals surface area contributed by atoms with Crippen LogP contribution in [0, 0.1) is 28.5 Å². The minimum Gasteiger partial charge on any atom is -0.346 e. The van der Waals surface area contributed by atoms with Crippen molar-refractivity contribution in [3.63, 3.8) is 0 Å². The van der Waals surface area contributed by atoms with Gasteiger partial charge < -0.3 is 9.88 Å². The number of halogens is 1. The predicted octanol–water partition coefficient (Wildman–Crippen LogP) is 3.59. The zero-order chi connectivity index (χ0) is 27.4. The zero-order valence-corrected chi connectivity index (χ0v) is 21.7. The molecule has 200 valence electrons. The lowest BCUT2D eigenvalue weighted by atomic mass is 9.82. The number of aromatic nitrogens is 5. The molecular weight excluding hydrogens is 509 g/mol. The van der Waals surface area contributed by atoms with Gasteiger partial charge in [-0.3, -0.25) is 14.4 Å². The number of hydrogen-bond donors (Lipinski definition) is 1. The Morgan fingerprint density at radius 3 is 2.67 bits per heavy atom. The molecule has 2 atom stereocenters. The fourth-order valence-corrected chi connectivity index (χ4v) is 6.96. The van der Waals surface area contributed by atoms with Gasteiger partial charge in [-0.05, 0) is 49.9 Å². The zero-order valence-electron chi connectivity index (χ0n) is 21.7. The van der Waals surface area contributed by atoms with Crippen LogP contribution in [0.5, 0.6) is 0 Å². The summed E-state index contributed by atoms with van der Waals surface area (Å²) in [6, 6.07) is 10.5. The van der Waals surface area contributed by atoms with E-state index in [0.29, 0.717) is 25.6 Å². The van der Waals surface area contributed by atoms with Crippen LogP contribution in [-0.4, -0.2) is 71.7 Å². The molecule has 2 bridgehead atoms. The second kappa shape index (κ2) is 9.25. The van der Waals surface area contributed by atoms with E-state index < -0.39 is 11.4 Å². The first-order valence-corrected chi connectivity index (χ1v) is 13.5. The normalized spacial score (nSPS) is 23.5. The van der Waals surface area contributed by atoms with Crippen molar-refractivity contribution in [3.8, 4) is 23.4 Å². The van der Waals surface area contributed by atoms with Crippen molar-refractivity contribution in [2.24, 2.45) is 0 Å². The number of nitriles is 2. The van der Waals surface area contributed by atoms with Crippen molar-refractivity contribution >= 4 is 16.9 Å². The van der Waals surface area contributed by atoms with Gasteiger partial charge in [-0.2, -0.15) is 15.6 Å². The lowest BCUT2D eigenvalue weighted by Gasteiger charge is -2.54. The molecule has 3 aliphatic rings. The molecule has 0 saturated carbocycles. The van der Waals surface area contributed by atoms with E-state index in [1.165, 1.54) is 18.5 Å². The molecule has 3 saturated heterocycles. The number of fused-ring (bicyclic) bond motifs is 3. The number of nitrogens with one attached hydrogen (secondary N) is 1. The number of carbonyl (C=O) groups excluding carboxylic acids is 1. The molecule has 3 aliphatic heterocycles. The number of aromatic amines is 1. The number of amides is 1. The lowest BCUT2D eigenvalue weighted by molar-refractivity contribution is -0.0511. The quantitative estimate of drug-likeness (QED) is 0.413. The van der Waals surface area contributed by atoms with Gasteiger partial charge in [0.2, 0.25) is 0 Å². The summed E-state index contributed by atoms with van der Waals surface area (Å²) < 4.78 is 16.0. The van der Waals surface area contributed by atoms with E-state index in [-0.39, 0.29) is 29.1 Å². The first-order chi connectivity index (χ1) is 19.5. The van der Waals surface area contributed by atoms with E-state index in [0.717, 1.165) is 54.0 Å². The smallest absolute Gasteiger partial charge is 0.254 e. The van der Waals surface area contributed by atoms with Gasteiger partial charge in [0.25, 0.3) is 5.91 Å². The van der Waals surface area contributed by atoms with Gasteiger partial charge in [-0.1, -0.05) is 0 Å². The summed E-state index contributed by atoms with van der Waals surface area (Å²) in [5, 5.41) is 24.5. The van der Waals surface area contributed by atoms with Gasteiger partial charge in [-0.15, -0.1) is 0 Å². The van der Waals surface area contributed by atoms with Crippen LogP contribution in [0.15, 0.2) is 49.2 Å². The standard InChI is InChI=1S/C29H26FN9O/c30-21-8-18(12-32)7-19(9-21)28(40)39-22-1-2-23(39)11-24(10-22)37-15-29(16-37,4-5-31)38-14-20(13-36-38)26-25-3-6-33-27(25)35-17-34-26/h3,6-9,13-14,17,22-24H,1-2,4,10-11,15-16H2,(H,33,34,35). The molecule has 1 amide bonds. The fourth-order valence-electron chi connectivity index (χ4n) is 6.96. The Kier molecular flexibility index (Phi) is 5.65. The van der Waals surface area contributed by atoms with Crippen molar-refractivity contribution in [2.75, 3.05) is 13.1 Å². The van der Waals surface area contributed by atoms with Crippen LogP contribution >= 0.6 is 0 Å². The molecule has 7 rings (SSSR count). The first kappa shape index (κ1) is 24.4. The Bertz CT molecular complexity index is 1690. The highest BCUT2D eigenvalue weighted by Crippen LogP contribution is 2.43. The highest BCUT2D eigenvalue weighted by atomic mass is 19.1. The predicted molar refractivity (Wildman–Crippen MR) is 142 cm³/mol. The molecule has 3 aromatic heterocycles. The summed E-state index contributed by atoms with van der Waals surface area (Å²) in [5.74, 6) is -0.771. The molecule has 10 nitrogen and oxygen atoms in total. The Hall–Kier alpha value is -4.61. The third-order valence-corrected chi connectivity index (χ3v) is 8.83. The molecular formula is C29H26FN9O. The third-order valence-electron chi connectivity index (χ3n) is 8.83. The maximum absolute atomic E-state index is 14.0. The number of carbonyl (C=O) groups is 1. The highest BCUT2D eigenvalue weighted by molar-refractivity contribution is 5.95. The summed E-state index contributed by atoms with van der Waals surface area (Å²) in [6.45, 7) is 1.41. The van der Waals surface area contributed by atoms with Gasteiger partial charge >= 0.3 is 0 Å². The number of likely N-dealkylation sites (tertiary alicyclic amines) is 1. The maximum Gasteiger partial charge on any atom is 0.254 e. The number of H-pyrrole nitrogens is 1. The van der Waals surface area contributed by atoms with Crippen molar-refractivity contribution in [1.82, 2.24) is 34.5 Å². The Morgan fingerprint density at radius 1 is 1.12 bits per heavy atom. The Morgan fingerprint density at radius 2 is 1.93 bits per heavy atom. The van der Waals surface area contributed by atoms with E-state index in [9.17, 15) is 19.7 Å². The summed E-state index contributed by atoms with van der Waals surface area (Å²) >= 11 is 0. The van der Waals surface area contributed by atoms with E-state index >= 15 is 0 Å². The summed E-state index contributed by atoms with van der Waals surface area (Å²) in [7, 11) is 0. The number of benzene rings is 1. The third kappa shape index (κ3) is 3.85. The average molecular weight is 536 g/mol. The van der Waals surface area contributed by atoms with E-state index in [4.69, 9.17) is 0 Å². The molecule has 0 aliphatic carbocycles. The second-order valence-corrected chi connectivity index (χ2v) is 11.2. The van der Waals surface area contributed by atoms with Gasteiger partial charge in [0, 0.05) is 60.1 Å². The minimum absolute atomic E-state index is 0.0776. The fraction of sp³-hybridized carbons (Fsp3) is 0.379. The van der Waals surface area contributed by atoms with Gasteiger partial charge in [0.1, 0.15) is 23.3 Å². The minimum atomic E-state index is -0.571. The van der Waals surface area contributed by atoms with Crippen LogP contribution in [0.4, 0.5) is 4.39 Å². The second-order valence-electron chi connectivity index (χ2n) is 11.2. The SMILES string of the molecule is N#CCC1(n2cc(-c3ncnc4[nH]ccc34)cn2)CN(C2CC3CCC(C2)N3C(=O)c2cc(F)cc(C#N)c2)C1. The molecule has 4 aromatic rings. The molecule has 1 N–H and O–H groups in total. The summed E-state index contributed by atoms with van der Waals surface area (Å²) in [6.07, 6.45) is 11.0. The molecule has 11 heteroatoms. The molecule has 6 heterocycles. The number of rotatable bonds is 5. The van der Waals surface area contributed by atoms with E-state index in [1.807, 2.05) is 34.1 Å². The van der Waals surface area contributed by atoms with Gasteiger partial charge in [0.05, 0.1) is 36.0 Å². The van der Waals surface area contributed by atoms with Crippen LogP contribution in [0.25, 0.3) is 22.3 Å². The molecule has 2 unspecified atom stereocenters. The summed E-state index contributed by atoms with van der Waals surface area (Å²) in [4.78, 5) is 29.6. The molecule has 0 spiro atoms. The molecule has 3 fully saturated rings. The molecule has 40 heavy (non-hydrogen) atoms. The van der Waals surface area contributed by atoms with Crippen LogP contribution in [0.2, 0.25) is 0 Å². The van der Waals surface area contributed by atoms with E-state index in [2.05, 4.69) is 31.0 Å². The topological polar surface area (TPSA) is 131 Å². The number of piperidine rings is 1. The van der Waals surface area contributed by atoms with Crippen LogP contribution in [0.3, 0.4) is 0 Å². The van der Waals surface area contributed by atoms with Crippen LogP contribution in [0.1, 0.15) is 48.0 Å². The van der Waals surface area contributed by atoms with Crippen molar-refractivity contribution in [1.29, 1.82) is 10.5 Å². The van der Waals surface area contributed by atoms with Crippen molar-refractivity contribution in [2.45, 2.75) is 55.8 Å². The van der Waals surface area contributed by atoms with Crippen LogP contribution < -0.4 is 0 Å². The monoisotopic (exact) mass is 535 g/mol. The summed E-state index contributed by atoms with van der Waals surface area (Å²) in [5.41, 5.74) is 2.41. The van der Waals surface area contributed by atoms with Crippen LogP contribution in [-0.2, 0) is 5.54 Å². The first-order valence-electron chi connectivity index (χ1n) is 13.5. The maximum atomic E-state index is 14.0. The average Bonchev–Trinajstić information content (AvgIpc) is 3.67. The Labute approximate surface area is 229 Å². The van der Waals surface area contributed by atoms with Gasteiger partial charge in [0.15, 0.2) is 0 Å². The van der Waals surface area contributed by atoms with Crippen molar-refractivity contribution < 1.29 is 9.18 Å². The lowest BCUT2D eigenvalue weighted by Crippen LogP contribution is -2.67. The number of nitrogens with zero attached hydrogens (tertiary/aromatic N) is 8. The number of hydrogen-bond acceptors (Lipinski definition) is 7. The molecule has 1 aromatic carbocycles. The van der Waals surface area contributed by atoms with E-state index in [1.54, 1.807) is 6.20 Å². The van der Waals surface area contributed by atoms with Crippen molar-refractivity contribution in [3.05, 3.63) is 66.1 Å². The highest BCUT2D eigenvalue weighted by Gasteiger charge is 2.52. The van der Waals surface area contributed by atoms with Gasteiger partial charge in [-0.25, -0.2) is 14.4 Å². The molecule has 0 radical (unpaired) electrons. The largest absolute Gasteiger partial charge is 0.346 e. The Balaban J connectivity index is 1.07.